The van der Waals surface area contributed by atoms with Crippen LogP contribution < -0.4 is 16.0 Å². The Balaban J connectivity index is 1.45. The van der Waals surface area contributed by atoms with Gasteiger partial charge in [0.15, 0.2) is 0 Å². The number of amides is 12. The van der Waals surface area contributed by atoms with E-state index in [1.54, 1.807) is 38.3 Å². The lowest BCUT2D eigenvalue weighted by Gasteiger charge is -2.46. The zero-order valence-electron chi connectivity index (χ0n) is 62.8. The lowest BCUT2D eigenvalue weighted by Crippen LogP contribution is -2.68. The first kappa shape index (κ1) is 85.4. The van der Waals surface area contributed by atoms with E-state index in [2.05, 4.69) is 22.5 Å². The summed E-state index contributed by atoms with van der Waals surface area (Å²) in [6.45, 7) is 7.44. The molecule has 2 bridgehead atoms. The summed E-state index contributed by atoms with van der Waals surface area (Å²) in [5.41, 5.74) is -2.44. The second-order valence-electron chi connectivity index (χ2n) is 28.9. The molecule has 2 unspecified atom stereocenters. The van der Waals surface area contributed by atoms with Crippen molar-refractivity contribution < 1.29 is 84.2 Å². The molecule has 105 heavy (non-hydrogen) atoms. The van der Waals surface area contributed by atoms with Crippen molar-refractivity contribution in [2.24, 2.45) is 11.8 Å². The number of fused-ring (bicyclic) bond motifs is 25. The number of nitrogens with one attached hydrogen (secondary N) is 3. The zero-order chi connectivity index (χ0) is 77.8. The number of carbonyl (C=O) groups is 12. The van der Waals surface area contributed by atoms with Crippen LogP contribution in [-0.4, -0.2) is 271 Å². The number of carbonyl (C=O) groups excluding carboxylic acids is 12. The first-order valence-electron chi connectivity index (χ1n) is 36.6. The van der Waals surface area contributed by atoms with Gasteiger partial charge in [0.2, 0.25) is 71.4 Å². The number of rotatable bonds is 18. The summed E-state index contributed by atoms with van der Waals surface area (Å²) in [6.07, 6.45) is 3.94. The van der Waals surface area contributed by atoms with Gasteiger partial charge in [-0.25, -0.2) is 8.78 Å². The Bertz CT molecular complexity index is 3380. The molecule has 1 aromatic rings. The highest BCUT2D eigenvalue weighted by molar-refractivity contribution is 6.00. The summed E-state index contributed by atoms with van der Waals surface area (Å²) in [7, 11) is 11.4. The van der Waals surface area contributed by atoms with Gasteiger partial charge in [0.05, 0.1) is 25.6 Å². The number of ether oxygens (including phenoxy) is 1. The van der Waals surface area contributed by atoms with Gasteiger partial charge in [-0.1, -0.05) is 95.0 Å². The molecule has 1 saturated heterocycles. The standard InChI is InChI=1S/C75H109F5N12O13/c1-13-48(3)43-81-66(97)56-31-18-15-17-26-50-33-35-51(36-34-50)40-60(91-39-24-16-19-32-57(71(91)102)88(9)63(96)46-84(5)47-93)70(101)86(7)45-61(94)82-55(30-23-22-29-54(77)64(49(4)76)75(78,79)80)68(99)92-44-53(105-12)41-58(92)67(98)83-74(37-25-38-74)73(104)90(11)65(52-27-20-21-28-52)72(103)89(10)59(42-62(95)87(56)8)69(100)85(6)14-2/h16,19,22,29,33-36,47-48,52-53,55-60,65H,4,13-15,17-18,20-21,23-28,30-32,37-46H2,1-3,5-12H3,(H,81,97)(H,82,94)(H,83,98)/b19-16-,29-22+,64-54-/t48-,53+,55-,56?,57-,58-,59-,60?,65-/m0/s1. The summed E-state index contributed by atoms with van der Waals surface area (Å²) in [5, 5.41) is 8.56. The predicted octanol–water partition coefficient (Wildman–Crippen LogP) is 5.71. The molecule has 4 heterocycles. The molecule has 30 heteroatoms. The van der Waals surface area contributed by atoms with Crippen LogP contribution in [0.4, 0.5) is 22.0 Å². The minimum Gasteiger partial charge on any atom is -0.380 e. The Kier molecular flexibility index (Phi) is 31.8. The van der Waals surface area contributed by atoms with Crippen LogP contribution in [0.25, 0.3) is 0 Å². The fraction of sp³-hybridized carbons (Fsp3) is 0.653. The van der Waals surface area contributed by atoms with E-state index >= 15 is 33.2 Å². The summed E-state index contributed by atoms with van der Waals surface area (Å²) in [6, 6.07) is -1.85. The van der Waals surface area contributed by atoms with Crippen LogP contribution in [0.2, 0.25) is 0 Å². The molecule has 0 aromatic heterocycles. The van der Waals surface area contributed by atoms with Crippen LogP contribution in [0.1, 0.15) is 147 Å². The van der Waals surface area contributed by atoms with Gasteiger partial charge in [-0.2, -0.15) is 13.2 Å². The second-order valence-corrected chi connectivity index (χ2v) is 28.9. The fourth-order valence-electron chi connectivity index (χ4n) is 14.4. The van der Waals surface area contributed by atoms with Crippen LogP contribution in [-0.2, 0) is 75.1 Å². The maximum Gasteiger partial charge on any atom is 0.422 e. The molecule has 7 rings (SSSR count). The van der Waals surface area contributed by atoms with Crippen molar-refractivity contribution in [1.82, 2.24) is 60.0 Å². The SMILES string of the molecule is C=C(F)/C(=C(F)\C=C\CC[C@@H]1NC(=O)CN(C)C(=O)C(N2CC/C=C\C[C@H](N(C)C(=O)CN(C)C=O)C2=O)Cc2ccc(cc2)CCCCCC(C(=O)NC[C@@H](C)CC)N(C)C(=O)C[C@@H](C(=O)N(C)CC)N(C)C(=O)[C@H](C2CCCC2)N(C)C(=O)C2(CCC2)NC(=O)[C@@H]2C[C@@H](OC)CN2C1=O)C(F)(F)F. The van der Waals surface area contributed by atoms with Crippen LogP contribution in [0.15, 0.2) is 72.4 Å². The third-order valence-corrected chi connectivity index (χ3v) is 21.5. The van der Waals surface area contributed by atoms with Crippen molar-refractivity contribution in [2.75, 3.05) is 95.7 Å². The number of hydrogen-bond acceptors (Lipinski definition) is 13. The number of likely N-dealkylation sites (N-methyl/N-ethyl adjacent to an activating group) is 7. The van der Waals surface area contributed by atoms with Crippen LogP contribution in [0.5, 0.6) is 0 Å². The van der Waals surface area contributed by atoms with Gasteiger partial charge >= 0.3 is 6.18 Å². The van der Waals surface area contributed by atoms with Gasteiger partial charge in [-0.3, -0.25) is 57.5 Å². The molecular formula is C75H109F5N12O13. The highest BCUT2D eigenvalue weighted by atomic mass is 19.4. The maximum absolute atomic E-state index is 15.5. The number of methoxy groups -OCH3 is 1. The summed E-state index contributed by atoms with van der Waals surface area (Å²) < 4.78 is 76.2. The van der Waals surface area contributed by atoms with Crippen molar-refractivity contribution in [3.63, 3.8) is 0 Å². The van der Waals surface area contributed by atoms with E-state index in [4.69, 9.17) is 4.74 Å². The number of benzene rings is 1. The molecule has 0 radical (unpaired) electrons. The van der Waals surface area contributed by atoms with Gasteiger partial charge in [0.25, 0.3) is 0 Å². The van der Waals surface area contributed by atoms with Crippen LogP contribution >= 0.6 is 0 Å². The highest BCUT2D eigenvalue weighted by Gasteiger charge is 2.54. The second kappa shape index (κ2) is 39.2. The Morgan fingerprint density at radius 2 is 1.46 bits per heavy atom. The van der Waals surface area contributed by atoms with Gasteiger partial charge in [-0.05, 0) is 113 Å². The molecule has 6 aliphatic rings. The third kappa shape index (κ3) is 22.3. The predicted molar refractivity (Wildman–Crippen MR) is 381 cm³/mol. The van der Waals surface area contributed by atoms with Gasteiger partial charge in [0, 0.05) is 95.5 Å². The number of hydrogen-bond donors (Lipinski definition) is 3. The van der Waals surface area contributed by atoms with Crippen LogP contribution in [0, 0.1) is 11.8 Å². The minimum atomic E-state index is -5.49. The molecule has 2 aliphatic carbocycles. The number of nitrogens with zero attached hydrogens (tertiary/aromatic N) is 9. The van der Waals surface area contributed by atoms with E-state index in [0.717, 1.165) is 32.8 Å². The third-order valence-electron chi connectivity index (χ3n) is 21.5. The molecule has 2 saturated carbocycles. The topological polar surface area (TPSA) is 279 Å². The molecule has 4 aliphatic heterocycles. The Morgan fingerprint density at radius 3 is 2.06 bits per heavy atom. The molecule has 582 valence electrons. The molecule has 12 amide bonds. The molecule has 9 atom stereocenters. The van der Waals surface area contributed by atoms with E-state index < -0.39 is 168 Å². The fourth-order valence-corrected chi connectivity index (χ4v) is 14.4. The Morgan fingerprint density at radius 1 is 0.800 bits per heavy atom. The van der Waals surface area contributed by atoms with Gasteiger partial charge in [0.1, 0.15) is 65.1 Å². The molecule has 1 spiro atoms. The highest BCUT2D eigenvalue weighted by Crippen LogP contribution is 2.39. The Hall–Kier alpha value is -8.57. The van der Waals surface area contributed by atoms with Gasteiger partial charge in [-0.15, -0.1) is 0 Å². The molecule has 25 nitrogen and oxygen atoms in total. The summed E-state index contributed by atoms with van der Waals surface area (Å²) in [4.78, 5) is 186. The molecule has 3 fully saturated rings. The number of alkyl halides is 3. The lowest BCUT2D eigenvalue weighted by molar-refractivity contribution is -0.158. The van der Waals surface area contributed by atoms with E-state index in [0.29, 0.717) is 82.4 Å². The van der Waals surface area contributed by atoms with E-state index in [1.807, 2.05) is 26.0 Å². The van der Waals surface area contributed by atoms with Crippen molar-refractivity contribution >= 4 is 71.4 Å². The van der Waals surface area contributed by atoms with E-state index in [1.165, 1.54) is 78.8 Å². The quantitative estimate of drug-likeness (QED) is 0.0688. The first-order valence-corrected chi connectivity index (χ1v) is 36.6. The average Bonchev–Trinajstić information content (AvgIpc) is 1.73. The van der Waals surface area contributed by atoms with Crippen molar-refractivity contribution in [1.29, 1.82) is 0 Å². The average molecular weight is 1480 g/mol. The smallest absolute Gasteiger partial charge is 0.380 e. The largest absolute Gasteiger partial charge is 0.422 e. The van der Waals surface area contributed by atoms with Crippen molar-refractivity contribution in [2.45, 2.75) is 209 Å². The van der Waals surface area contributed by atoms with Gasteiger partial charge < -0.3 is 64.8 Å². The summed E-state index contributed by atoms with van der Waals surface area (Å²) >= 11 is 0. The number of halogens is 5. The number of allylic oxidation sites excluding steroid dienone is 5. The summed E-state index contributed by atoms with van der Waals surface area (Å²) in [5.74, 6) is -11.9. The molecular weight excluding hydrogens is 1370 g/mol. The van der Waals surface area contributed by atoms with Crippen molar-refractivity contribution in [3.8, 4) is 0 Å². The zero-order valence-corrected chi connectivity index (χ0v) is 62.8. The lowest BCUT2D eigenvalue weighted by atomic mass is 9.74. The Labute approximate surface area is 613 Å². The van der Waals surface area contributed by atoms with Crippen LogP contribution in [0.3, 0.4) is 0 Å². The first-order chi connectivity index (χ1) is 49.6. The van der Waals surface area contributed by atoms with E-state index in [-0.39, 0.29) is 82.9 Å². The minimum absolute atomic E-state index is 0.0292. The molecule has 3 N–H and O–H groups in total. The van der Waals surface area contributed by atoms with Crippen molar-refractivity contribution in [3.05, 3.63) is 83.5 Å². The molecule has 1 aromatic carbocycles. The normalized spacial score (nSPS) is 25.4. The maximum atomic E-state index is 15.5. The monoisotopic (exact) mass is 1480 g/mol. The number of aryl methyl sites for hydroxylation is 1. The van der Waals surface area contributed by atoms with E-state index in [9.17, 15) is 46.3 Å².